The summed E-state index contributed by atoms with van der Waals surface area (Å²) in [5, 5.41) is 3.16. The van der Waals surface area contributed by atoms with Crippen molar-refractivity contribution in [1.29, 1.82) is 0 Å². The van der Waals surface area contributed by atoms with E-state index in [4.69, 9.17) is 4.74 Å². The van der Waals surface area contributed by atoms with Crippen molar-refractivity contribution in [3.05, 3.63) is 0 Å². The molecule has 0 spiro atoms. The quantitative estimate of drug-likeness (QED) is 0.808. The number of alkyl carbamates (subject to hydrolysis) is 1. The molecule has 88 valence electrons. The van der Waals surface area contributed by atoms with Gasteiger partial charge in [-0.2, -0.15) is 0 Å². The lowest BCUT2D eigenvalue weighted by molar-refractivity contribution is 0.0516. The van der Waals surface area contributed by atoms with E-state index in [0.717, 1.165) is 0 Å². The van der Waals surface area contributed by atoms with Crippen LogP contribution in [0.2, 0.25) is 0 Å². The fourth-order valence-electron chi connectivity index (χ4n) is 1.23. The highest BCUT2D eigenvalue weighted by atomic mass is 79.9. The number of halogens is 2. The van der Waals surface area contributed by atoms with Gasteiger partial charge in [-0.25, -0.2) is 9.18 Å². The van der Waals surface area contributed by atoms with Crippen molar-refractivity contribution in [3.63, 3.8) is 0 Å². The van der Waals surface area contributed by atoms with E-state index in [1.54, 1.807) is 20.8 Å². The number of carbonyl (C=O) groups is 1. The monoisotopic (exact) mass is 281 g/mol. The van der Waals surface area contributed by atoms with Crippen molar-refractivity contribution in [2.45, 2.75) is 39.0 Å². The Kier molecular flexibility index (Phi) is 3.63. The number of amides is 1. The van der Waals surface area contributed by atoms with Crippen LogP contribution in [0.15, 0.2) is 0 Å². The molecule has 0 aliphatic heterocycles. The Morgan fingerprint density at radius 2 is 2.20 bits per heavy atom. The van der Waals surface area contributed by atoms with Gasteiger partial charge in [0.25, 0.3) is 0 Å². The van der Waals surface area contributed by atoms with Gasteiger partial charge in [0.1, 0.15) is 11.8 Å². The Bertz CT molecular complexity index is 250. The summed E-state index contributed by atoms with van der Waals surface area (Å²) in [5.74, 6) is 0. The summed E-state index contributed by atoms with van der Waals surface area (Å²) in [6.07, 6.45) is -0.789. The van der Waals surface area contributed by atoms with Crippen LogP contribution in [0.3, 0.4) is 0 Å². The predicted octanol–water partition coefficient (Wildman–Crippen LogP) is 2.63. The third kappa shape index (κ3) is 3.63. The molecule has 0 saturated heterocycles. The van der Waals surface area contributed by atoms with Gasteiger partial charge in [0, 0.05) is 17.3 Å². The van der Waals surface area contributed by atoms with Gasteiger partial charge in [0.05, 0.1) is 0 Å². The topological polar surface area (TPSA) is 38.3 Å². The van der Waals surface area contributed by atoms with Crippen molar-refractivity contribution < 1.29 is 13.9 Å². The summed E-state index contributed by atoms with van der Waals surface area (Å²) in [6, 6.07) is 0. The van der Waals surface area contributed by atoms with Crippen LogP contribution in [0.5, 0.6) is 0 Å². The van der Waals surface area contributed by atoms with Gasteiger partial charge >= 0.3 is 6.09 Å². The maximum absolute atomic E-state index is 13.0. The smallest absolute Gasteiger partial charge is 0.407 e. The molecular weight excluding hydrogens is 265 g/mol. The zero-order valence-electron chi connectivity index (χ0n) is 9.27. The van der Waals surface area contributed by atoms with E-state index in [0.29, 0.717) is 18.3 Å². The minimum atomic E-state index is -0.813. The Hall–Kier alpha value is -0.320. The fourth-order valence-corrected chi connectivity index (χ4v) is 2.01. The third-order valence-electron chi connectivity index (χ3n) is 2.34. The number of hydrogen-bond donors (Lipinski definition) is 1. The number of hydrogen-bond acceptors (Lipinski definition) is 2. The van der Waals surface area contributed by atoms with E-state index in [-0.39, 0.29) is 0 Å². The highest BCUT2D eigenvalue weighted by molar-refractivity contribution is 9.09. The first kappa shape index (κ1) is 12.7. The lowest BCUT2D eigenvalue weighted by atomic mass is 10.1. The molecule has 5 heteroatoms. The first-order valence-electron chi connectivity index (χ1n) is 4.96. The van der Waals surface area contributed by atoms with Gasteiger partial charge in [-0.3, -0.25) is 0 Å². The molecule has 1 aliphatic rings. The molecule has 1 N–H and O–H groups in total. The Labute approximate surface area is 97.9 Å². The molecule has 1 fully saturated rings. The van der Waals surface area contributed by atoms with Crippen LogP contribution in [0, 0.1) is 5.41 Å². The summed E-state index contributed by atoms with van der Waals surface area (Å²) < 4.78 is 18.1. The van der Waals surface area contributed by atoms with Gasteiger partial charge in [-0.05, 0) is 27.2 Å². The molecule has 0 bridgehead atoms. The summed E-state index contributed by atoms with van der Waals surface area (Å²) in [4.78, 5) is 11.3. The van der Waals surface area contributed by atoms with Gasteiger partial charge in [0.2, 0.25) is 0 Å². The Morgan fingerprint density at radius 1 is 1.67 bits per heavy atom. The number of alkyl halides is 2. The summed E-state index contributed by atoms with van der Waals surface area (Å²) in [5.41, 5.74) is -0.915. The third-order valence-corrected chi connectivity index (χ3v) is 3.46. The molecule has 0 aromatic heterocycles. The SMILES string of the molecule is CC(C)(C)OC(=O)NC[C@@]1(CBr)C[C@@H]1F. The fraction of sp³-hybridized carbons (Fsp3) is 0.900. The number of rotatable bonds is 3. The second-order valence-electron chi connectivity index (χ2n) is 5.02. The van der Waals surface area contributed by atoms with E-state index in [1.165, 1.54) is 0 Å². The van der Waals surface area contributed by atoms with Crippen molar-refractivity contribution in [2.75, 3.05) is 11.9 Å². The molecule has 1 saturated carbocycles. The highest BCUT2D eigenvalue weighted by Gasteiger charge is 2.54. The molecule has 0 heterocycles. The molecule has 0 unspecified atom stereocenters. The maximum atomic E-state index is 13.0. The minimum absolute atomic E-state index is 0.328. The average molecular weight is 282 g/mol. The molecule has 2 atom stereocenters. The molecule has 0 aromatic rings. The Morgan fingerprint density at radius 3 is 2.53 bits per heavy atom. The number of nitrogens with one attached hydrogen (secondary N) is 1. The van der Waals surface area contributed by atoms with Crippen LogP contribution in [0.1, 0.15) is 27.2 Å². The van der Waals surface area contributed by atoms with Gasteiger partial charge in [0.15, 0.2) is 0 Å². The van der Waals surface area contributed by atoms with Crippen molar-refractivity contribution in [1.82, 2.24) is 5.32 Å². The zero-order valence-corrected chi connectivity index (χ0v) is 10.9. The average Bonchev–Trinajstić information content (AvgIpc) is 2.71. The Balaban J connectivity index is 2.29. The van der Waals surface area contributed by atoms with Crippen LogP contribution in [0.25, 0.3) is 0 Å². The zero-order chi connectivity index (χ0) is 11.7. The first-order valence-corrected chi connectivity index (χ1v) is 6.08. The van der Waals surface area contributed by atoms with Crippen LogP contribution in [-0.4, -0.2) is 29.7 Å². The molecule has 1 amide bonds. The molecular formula is C10H17BrFNO2. The van der Waals surface area contributed by atoms with Crippen LogP contribution >= 0.6 is 15.9 Å². The molecule has 0 radical (unpaired) electrons. The number of carbonyl (C=O) groups excluding carboxylic acids is 1. The van der Waals surface area contributed by atoms with E-state index in [9.17, 15) is 9.18 Å². The number of ether oxygens (including phenoxy) is 1. The van der Waals surface area contributed by atoms with E-state index in [1.807, 2.05) is 0 Å². The van der Waals surface area contributed by atoms with Crippen LogP contribution in [-0.2, 0) is 4.74 Å². The second kappa shape index (κ2) is 4.28. The van der Waals surface area contributed by atoms with E-state index < -0.39 is 23.3 Å². The maximum Gasteiger partial charge on any atom is 0.407 e. The lowest BCUT2D eigenvalue weighted by Gasteiger charge is -2.21. The molecule has 0 aromatic carbocycles. The van der Waals surface area contributed by atoms with Crippen molar-refractivity contribution in [3.8, 4) is 0 Å². The molecule has 1 rings (SSSR count). The van der Waals surface area contributed by atoms with Crippen LogP contribution < -0.4 is 5.32 Å². The van der Waals surface area contributed by atoms with Crippen LogP contribution in [0.4, 0.5) is 9.18 Å². The first-order chi connectivity index (χ1) is 6.79. The van der Waals surface area contributed by atoms with Crippen molar-refractivity contribution >= 4 is 22.0 Å². The normalized spacial score (nSPS) is 29.8. The molecule has 1 aliphatic carbocycles. The van der Waals surface area contributed by atoms with E-state index >= 15 is 0 Å². The predicted molar refractivity (Wildman–Crippen MR) is 60.0 cm³/mol. The molecule has 3 nitrogen and oxygen atoms in total. The second-order valence-corrected chi connectivity index (χ2v) is 5.58. The largest absolute Gasteiger partial charge is 0.444 e. The lowest BCUT2D eigenvalue weighted by Crippen LogP contribution is -2.37. The highest BCUT2D eigenvalue weighted by Crippen LogP contribution is 2.49. The van der Waals surface area contributed by atoms with Gasteiger partial charge in [-0.15, -0.1) is 0 Å². The van der Waals surface area contributed by atoms with Gasteiger partial charge in [-0.1, -0.05) is 15.9 Å². The van der Waals surface area contributed by atoms with Crippen molar-refractivity contribution in [2.24, 2.45) is 5.41 Å². The van der Waals surface area contributed by atoms with E-state index in [2.05, 4.69) is 21.2 Å². The summed E-state index contributed by atoms with van der Waals surface area (Å²) >= 11 is 3.25. The summed E-state index contributed by atoms with van der Waals surface area (Å²) in [7, 11) is 0. The molecule has 15 heavy (non-hydrogen) atoms. The minimum Gasteiger partial charge on any atom is -0.444 e. The van der Waals surface area contributed by atoms with Gasteiger partial charge < -0.3 is 10.1 Å². The standard InChI is InChI=1S/C10H17BrFNO2/c1-9(2,3)15-8(14)13-6-10(5-11)4-7(10)12/h7H,4-6H2,1-3H3,(H,13,14)/t7-,10-/m0/s1. The summed E-state index contributed by atoms with van der Waals surface area (Å²) in [6.45, 7) is 5.71.